The van der Waals surface area contributed by atoms with E-state index < -0.39 is 0 Å². The number of ether oxygens (including phenoxy) is 2. The van der Waals surface area contributed by atoms with E-state index in [1.165, 1.54) is 0 Å². The molecule has 2 heterocycles. The van der Waals surface area contributed by atoms with Crippen LogP contribution in [0, 0.1) is 5.92 Å². The van der Waals surface area contributed by atoms with Crippen LogP contribution in [0.4, 0.5) is 4.79 Å². The molecule has 2 fully saturated rings. The van der Waals surface area contributed by atoms with Crippen molar-refractivity contribution < 1.29 is 14.3 Å². The minimum atomic E-state index is 0.000193. The minimum absolute atomic E-state index is 0.000193. The number of likely N-dealkylation sites (tertiary alicyclic amines) is 1. The van der Waals surface area contributed by atoms with Crippen LogP contribution in [0.5, 0.6) is 0 Å². The fourth-order valence-corrected chi connectivity index (χ4v) is 3.47. The third kappa shape index (κ3) is 3.26. The second-order valence-electron chi connectivity index (χ2n) is 6.05. The van der Waals surface area contributed by atoms with E-state index in [1.807, 2.05) is 25.9 Å². The molecule has 0 aromatic heterocycles. The van der Waals surface area contributed by atoms with Gasteiger partial charge in [-0.15, -0.1) is 0 Å². The van der Waals surface area contributed by atoms with Crippen LogP contribution in [-0.2, 0) is 9.47 Å². The molecule has 1 spiro atoms. The zero-order chi connectivity index (χ0) is 14.6. The molecule has 2 aliphatic heterocycles. The highest BCUT2D eigenvalue weighted by atomic mass is 16.5. The van der Waals surface area contributed by atoms with E-state index in [9.17, 15) is 4.79 Å². The molecule has 2 aliphatic rings. The van der Waals surface area contributed by atoms with Gasteiger partial charge in [0, 0.05) is 47.0 Å². The molecule has 5 nitrogen and oxygen atoms in total. The van der Waals surface area contributed by atoms with Crippen LogP contribution >= 0.6 is 0 Å². The highest BCUT2D eigenvalue weighted by Crippen LogP contribution is 2.42. The lowest BCUT2D eigenvalue weighted by molar-refractivity contribution is -0.0664. The molecule has 2 saturated heterocycles. The summed E-state index contributed by atoms with van der Waals surface area (Å²) in [4.78, 5) is 15.6. The van der Waals surface area contributed by atoms with Crippen molar-refractivity contribution in [3.05, 3.63) is 0 Å². The summed E-state index contributed by atoms with van der Waals surface area (Å²) in [5.74, 6) is 0.589. The molecular formula is C15H28N2O3. The Morgan fingerprint density at radius 3 is 2.70 bits per heavy atom. The maximum atomic E-state index is 12.0. The molecule has 0 bridgehead atoms. The molecule has 1 atom stereocenters. The molecule has 1 unspecified atom stereocenters. The van der Waals surface area contributed by atoms with Crippen LogP contribution in [0.2, 0.25) is 0 Å². The van der Waals surface area contributed by atoms with E-state index in [-0.39, 0.29) is 11.6 Å². The van der Waals surface area contributed by atoms with E-state index in [4.69, 9.17) is 9.47 Å². The number of carbonyl (C=O) groups is 1. The first kappa shape index (κ1) is 15.6. The van der Waals surface area contributed by atoms with Gasteiger partial charge in [-0.25, -0.2) is 4.79 Å². The Bertz CT molecular complexity index is 325. The van der Waals surface area contributed by atoms with Gasteiger partial charge in [0.25, 0.3) is 0 Å². The Morgan fingerprint density at radius 2 is 2.10 bits per heavy atom. The lowest BCUT2D eigenvalue weighted by atomic mass is 9.78. The number of hydrogen-bond donors (Lipinski definition) is 0. The minimum Gasteiger partial charge on any atom is -0.382 e. The normalized spacial score (nSPS) is 25.1. The van der Waals surface area contributed by atoms with E-state index in [1.54, 1.807) is 4.90 Å². The van der Waals surface area contributed by atoms with Crippen molar-refractivity contribution in [3.8, 4) is 0 Å². The van der Waals surface area contributed by atoms with E-state index in [0.29, 0.717) is 5.92 Å². The summed E-state index contributed by atoms with van der Waals surface area (Å²) in [5.41, 5.74) is 0.000193. The van der Waals surface area contributed by atoms with Crippen molar-refractivity contribution in [2.75, 3.05) is 47.0 Å². The molecule has 20 heavy (non-hydrogen) atoms. The third-order valence-corrected chi connectivity index (χ3v) is 4.68. The van der Waals surface area contributed by atoms with Crippen LogP contribution < -0.4 is 0 Å². The molecule has 2 rings (SSSR count). The van der Waals surface area contributed by atoms with E-state index in [2.05, 4.69) is 0 Å². The van der Waals surface area contributed by atoms with Crippen LogP contribution in [0.1, 0.15) is 32.6 Å². The predicted molar refractivity (Wildman–Crippen MR) is 77.8 cm³/mol. The van der Waals surface area contributed by atoms with Crippen molar-refractivity contribution in [2.24, 2.45) is 5.92 Å². The topological polar surface area (TPSA) is 42.0 Å². The van der Waals surface area contributed by atoms with Gasteiger partial charge >= 0.3 is 6.03 Å². The highest BCUT2D eigenvalue weighted by Gasteiger charge is 2.46. The van der Waals surface area contributed by atoms with Gasteiger partial charge in [0.1, 0.15) is 0 Å². The molecule has 0 radical (unpaired) electrons. The Morgan fingerprint density at radius 1 is 1.40 bits per heavy atom. The van der Waals surface area contributed by atoms with Gasteiger partial charge in [0.15, 0.2) is 0 Å². The molecule has 0 saturated carbocycles. The first-order valence-electron chi connectivity index (χ1n) is 7.77. The van der Waals surface area contributed by atoms with E-state index in [0.717, 1.165) is 58.6 Å². The zero-order valence-corrected chi connectivity index (χ0v) is 13.1. The van der Waals surface area contributed by atoms with Gasteiger partial charge in [-0.3, -0.25) is 0 Å². The summed E-state index contributed by atoms with van der Waals surface area (Å²) in [7, 11) is 3.62. The standard InChI is InChI=1S/C15H28N2O3/c1-4-19-11-5-13-6-12-20-15(13)7-9-17(10-8-15)14(18)16(2)3/h13H,4-12H2,1-3H3. The van der Waals surface area contributed by atoms with Crippen molar-refractivity contribution in [3.63, 3.8) is 0 Å². The largest absolute Gasteiger partial charge is 0.382 e. The van der Waals surface area contributed by atoms with E-state index >= 15 is 0 Å². The van der Waals surface area contributed by atoms with Gasteiger partial charge in [-0.2, -0.15) is 0 Å². The molecular weight excluding hydrogens is 256 g/mol. The van der Waals surface area contributed by atoms with Gasteiger partial charge in [-0.05, 0) is 38.5 Å². The SMILES string of the molecule is CCOCCC1CCOC12CCN(C(=O)N(C)C)CC2. The lowest BCUT2D eigenvalue weighted by Gasteiger charge is -2.42. The summed E-state index contributed by atoms with van der Waals surface area (Å²) >= 11 is 0. The number of carbonyl (C=O) groups excluding carboxylic acids is 1. The summed E-state index contributed by atoms with van der Waals surface area (Å²) < 4.78 is 11.6. The number of piperidine rings is 1. The average Bonchev–Trinajstić information content (AvgIpc) is 2.82. The first-order chi connectivity index (χ1) is 9.59. The monoisotopic (exact) mass is 284 g/mol. The first-order valence-corrected chi connectivity index (χ1v) is 7.77. The molecule has 5 heteroatoms. The van der Waals surface area contributed by atoms with Crippen molar-refractivity contribution >= 4 is 6.03 Å². The molecule has 116 valence electrons. The van der Waals surface area contributed by atoms with Gasteiger partial charge < -0.3 is 19.3 Å². The fourth-order valence-electron chi connectivity index (χ4n) is 3.47. The predicted octanol–water partition coefficient (Wildman–Crippen LogP) is 1.97. The zero-order valence-electron chi connectivity index (χ0n) is 13.1. The average molecular weight is 284 g/mol. The molecule has 0 N–H and O–H groups in total. The number of hydrogen-bond acceptors (Lipinski definition) is 3. The number of urea groups is 1. The summed E-state index contributed by atoms with van der Waals surface area (Å²) in [5, 5.41) is 0. The number of nitrogens with zero attached hydrogens (tertiary/aromatic N) is 2. The number of amides is 2. The van der Waals surface area contributed by atoms with Crippen LogP contribution in [-0.4, -0.2) is 68.4 Å². The second kappa shape index (κ2) is 6.76. The smallest absolute Gasteiger partial charge is 0.319 e. The van der Waals surface area contributed by atoms with Gasteiger partial charge in [-0.1, -0.05) is 0 Å². The van der Waals surface area contributed by atoms with Gasteiger partial charge in [0.2, 0.25) is 0 Å². The molecule has 0 aromatic carbocycles. The Balaban J connectivity index is 1.88. The summed E-state index contributed by atoms with van der Waals surface area (Å²) in [6.45, 7) is 6.12. The number of rotatable bonds is 4. The fraction of sp³-hybridized carbons (Fsp3) is 0.933. The maximum Gasteiger partial charge on any atom is 0.319 e. The van der Waals surface area contributed by atoms with Crippen molar-refractivity contribution in [1.82, 2.24) is 9.80 Å². The molecule has 0 aromatic rings. The summed E-state index contributed by atoms with van der Waals surface area (Å²) in [6, 6.07) is 0.115. The maximum absolute atomic E-state index is 12.0. The third-order valence-electron chi connectivity index (χ3n) is 4.68. The highest BCUT2D eigenvalue weighted by molar-refractivity contribution is 5.73. The van der Waals surface area contributed by atoms with Crippen LogP contribution in [0.25, 0.3) is 0 Å². The lowest BCUT2D eigenvalue weighted by Crippen LogP contribution is -2.51. The van der Waals surface area contributed by atoms with Crippen LogP contribution in [0.3, 0.4) is 0 Å². The quantitative estimate of drug-likeness (QED) is 0.741. The van der Waals surface area contributed by atoms with Crippen molar-refractivity contribution in [1.29, 1.82) is 0 Å². The van der Waals surface area contributed by atoms with Crippen molar-refractivity contribution in [2.45, 2.75) is 38.2 Å². The van der Waals surface area contributed by atoms with Gasteiger partial charge in [0.05, 0.1) is 5.60 Å². The second-order valence-corrected chi connectivity index (χ2v) is 6.05. The summed E-state index contributed by atoms with van der Waals surface area (Å²) in [6.07, 6.45) is 4.14. The Hall–Kier alpha value is -0.810. The Labute approximate surface area is 122 Å². The van der Waals surface area contributed by atoms with Crippen LogP contribution in [0.15, 0.2) is 0 Å². The molecule has 0 aliphatic carbocycles. The Kier molecular flexibility index (Phi) is 5.27. The molecule has 2 amide bonds.